The van der Waals surface area contributed by atoms with Crippen molar-refractivity contribution in [1.82, 2.24) is 10.2 Å². The van der Waals surface area contributed by atoms with Gasteiger partial charge in [-0.3, -0.25) is 5.10 Å². The van der Waals surface area contributed by atoms with Crippen LogP contribution in [0.1, 0.15) is 0 Å². The van der Waals surface area contributed by atoms with E-state index in [-0.39, 0.29) is 5.75 Å². The summed E-state index contributed by atoms with van der Waals surface area (Å²) in [7, 11) is 2.82. The number of nitrogens with two attached hydrogens (primary N) is 1. The minimum absolute atomic E-state index is 0.0469. The largest absolute Gasteiger partial charge is 0.492 e. The number of benzene rings is 1. The van der Waals surface area contributed by atoms with Crippen LogP contribution in [-0.2, 0) is 0 Å². The standard InChI is InChI=1S/C11H12FN3O2/c1-16-9-6(7-5-14-15-11(7)13)3-4-8(12)10(9)17-2/h3-5H,1-2H3,(H3,13,14,15). The van der Waals surface area contributed by atoms with Crippen molar-refractivity contribution in [3.63, 3.8) is 0 Å². The molecule has 17 heavy (non-hydrogen) atoms. The molecule has 1 aromatic carbocycles. The van der Waals surface area contributed by atoms with Crippen molar-refractivity contribution in [2.24, 2.45) is 0 Å². The van der Waals surface area contributed by atoms with Crippen LogP contribution < -0.4 is 15.2 Å². The van der Waals surface area contributed by atoms with Crippen molar-refractivity contribution in [3.8, 4) is 22.6 Å². The Morgan fingerprint density at radius 3 is 2.41 bits per heavy atom. The average Bonchev–Trinajstić information content (AvgIpc) is 2.74. The molecule has 5 nitrogen and oxygen atoms in total. The molecule has 0 spiro atoms. The summed E-state index contributed by atoms with van der Waals surface area (Å²) >= 11 is 0. The van der Waals surface area contributed by atoms with Gasteiger partial charge in [-0.2, -0.15) is 5.10 Å². The van der Waals surface area contributed by atoms with Crippen molar-refractivity contribution in [1.29, 1.82) is 0 Å². The van der Waals surface area contributed by atoms with Gasteiger partial charge in [0, 0.05) is 11.1 Å². The van der Waals surface area contributed by atoms with Gasteiger partial charge >= 0.3 is 0 Å². The molecule has 2 aromatic rings. The maximum absolute atomic E-state index is 13.5. The molecule has 0 fully saturated rings. The predicted molar refractivity (Wildman–Crippen MR) is 61.5 cm³/mol. The highest BCUT2D eigenvalue weighted by molar-refractivity contribution is 5.80. The molecule has 2 rings (SSSR count). The minimum Gasteiger partial charge on any atom is -0.492 e. The molecule has 0 aliphatic rings. The molecule has 1 aromatic heterocycles. The summed E-state index contributed by atoms with van der Waals surface area (Å²) in [6.07, 6.45) is 1.55. The van der Waals surface area contributed by atoms with Crippen LogP contribution in [0.25, 0.3) is 11.1 Å². The minimum atomic E-state index is -0.491. The third-order valence-electron chi connectivity index (χ3n) is 2.43. The van der Waals surface area contributed by atoms with Crippen molar-refractivity contribution in [2.75, 3.05) is 20.0 Å². The number of anilines is 1. The lowest BCUT2D eigenvalue weighted by Crippen LogP contribution is -1.97. The van der Waals surface area contributed by atoms with Crippen LogP contribution in [0.3, 0.4) is 0 Å². The molecule has 6 heteroatoms. The Hall–Kier alpha value is -2.24. The van der Waals surface area contributed by atoms with Gasteiger partial charge in [-0.1, -0.05) is 0 Å². The van der Waals surface area contributed by atoms with Crippen LogP contribution in [-0.4, -0.2) is 24.4 Å². The zero-order valence-corrected chi connectivity index (χ0v) is 9.45. The molecular formula is C11H12FN3O2. The maximum Gasteiger partial charge on any atom is 0.197 e. The number of ether oxygens (including phenoxy) is 2. The van der Waals surface area contributed by atoms with Crippen molar-refractivity contribution in [2.45, 2.75) is 0 Å². The molecule has 0 unspecified atom stereocenters. The molecule has 0 aliphatic carbocycles. The molecule has 0 saturated carbocycles. The smallest absolute Gasteiger partial charge is 0.197 e. The average molecular weight is 237 g/mol. The van der Waals surface area contributed by atoms with Gasteiger partial charge in [0.25, 0.3) is 0 Å². The maximum atomic E-state index is 13.5. The van der Waals surface area contributed by atoms with Gasteiger partial charge in [0.15, 0.2) is 17.3 Å². The molecule has 0 amide bonds. The van der Waals surface area contributed by atoms with E-state index >= 15 is 0 Å². The van der Waals surface area contributed by atoms with E-state index in [1.165, 1.54) is 20.3 Å². The van der Waals surface area contributed by atoms with Gasteiger partial charge < -0.3 is 15.2 Å². The number of nitrogen functional groups attached to an aromatic ring is 1. The summed E-state index contributed by atoms with van der Waals surface area (Å²) in [6, 6.07) is 2.86. The molecule has 1 heterocycles. The number of aromatic amines is 1. The van der Waals surface area contributed by atoms with E-state index < -0.39 is 5.82 Å². The lowest BCUT2D eigenvalue weighted by molar-refractivity contribution is 0.338. The van der Waals surface area contributed by atoms with E-state index in [2.05, 4.69) is 10.2 Å². The number of rotatable bonds is 3. The van der Waals surface area contributed by atoms with E-state index in [1.807, 2.05) is 0 Å². The van der Waals surface area contributed by atoms with Crippen LogP contribution in [0.5, 0.6) is 11.5 Å². The fourth-order valence-electron chi connectivity index (χ4n) is 1.65. The molecule has 0 radical (unpaired) electrons. The Labute approximate surface area is 97.3 Å². The highest BCUT2D eigenvalue weighted by Gasteiger charge is 2.18. The van der Waals surface area contributed by atoms with E-state index in [9.17, 15) is 4.39 Å². The van der Waals surface area contributed by atoms with Gasteiger partial charge in [-0.05, 0) is 12.1 Å². The van der Waals surface area contributed by atoms with E-state index in [0.29, 0.717) is 22.7 Å². The molecule has 0 bridgehead atoms. The number of H-pyrrole nitrogens is 1. The van der Waals surface area contributed by atoms with Crippen molar-refractivity contribution < 1.29 is 13.9 Å². The van der Waals surface area contributed by atoms with Gasteiger partial charge in [-0.15, -0.1) is 0 Å². The lowest BCUT2D eigenvalue weighted by atomic mass is 10.1. The first-order valence-corrected chi connectivity index (χ1v) is 4.88. The monoisotopic (exact) mass is 237 g/mol. The highest BCUT2D eigenvalue weighted by atomic mass is 19.1. The first-order valence-electron chi connectivity index (χ1n) is 4.88. The van der Waals surface area contributed by atoms with Gasteiger partial charge in [-0.25, -0.2) is 4.39 Å². The number of halogens is 1. The van der Waals surface area contributed by atoms with Gasteiger partial charge in [0.05, 0.1) is 20.4 Å². The molecule has 0 aliphatic heterocycles. The van der Waals surface area contributed by atoms with E-state index in [4.69, 9.17) is 15.2 Å². The van der Waals surface area contributed by atoms with Crippen LogP contribution in [0.15, 0.2) is 18.3 Å². The summed E-state index contributed by atoms with van der Waals surface area (Å²) in [5, 5.41) is 6.42. The summed E-state index contributed by atoms with van der Waals surface area (Å²) in [5.41, 5.74) is 6.98. The second-order valence-electron chi connectivity index (χ2n) is 3.36. The molecule has 90 valence electrons. The Balaban J connectivity index is 2.67. The lowest BCUT2D eigenvalue weighted by Gasteiger charge is -2.12. The number of hydrogen-bond donors (Lipinski definition) is 2. The van der Waals surface area contributed by atoms with Gasteiger partial charge in [0.2, 0.25) is 0 Å². The third-order valence-corrected chi connectivity index (χ3v) is 2.43. The number of nitrogens with one attached hydrogen (secondary N) is 1. The topological polar surface area (TPSA) is 73.2 Å². The summed E-state index contributed by atoms with van der Waals surface area (Å²) in [4.78, 5) is 0. The summed E-state index contributed by atoms with van der Waals surface area (Å²) < 4.78 is 23.6. The molecule has 0 saturated heterocycles. The van der Waals surface area contributed by atoms with Crippen LogP contribution in [0.2, 0.25) is 0 Å². The van der Waals surface area contributed by atoms with E-state index in [1.54, 1.807) is 12.3 Å². The fraction of sp³-hybridized carbons (Fsp3) is 0.182. The normalized spacial score (nSPS) is 10.3. The third kappa shape index (κ3) is 1.77. The second-order valence-corrected chi connectivity index (χ2v) is 3.36. The number of aromatic nitrogens is 2. The first kappa shape index (κ1) is 11.3. The van der Waals surface area contributed by atoms with Crippen LogP contribution >= 0.6 is 0 Å². The quantitative estimate of drug-likeness (QED) is 0.853. The predicted octanol–water partition coefficient (Wildman–Crippen LogP) is 1.82. The van der Waals surface area contributed by atoms with Crippen LogP contribution in [0.4, 0.5) is 10.2 Å². The summed E-state index contributed by atoms with van der Waals surface area (Å²) in [6.45, 7) is 0. The Kier molecular flexibility index (Phi) is 2.86. The Morgan fingerprint density at radius 2 is 1.88 bits per heavy atom. The fourth-order valence-corrected chi connectivity index (χ4v) is 1.65. The van der Waals surface area contributed by atoms with Crippen molar-refractivity contribution in [3.05, 3.63) is 24.1 Å². The Morgan fingerprint density at radius 1 is 1.18 bits per heavy atom. The molecule has 3 N–H and O–H groups in total. The van der Waals surface area contributed by atoms with E-state index in [0.717, 1.165) is 0 Å². The molecule has 0 atom stereocenters. The van der Waals surface area contributed by atoms with Crippen molar-refractivity contribution >= 4 is 5.82 Å². The second kappa shape index (κ2) is 4.32. The van der Waals surface area contributed by atoms with Crippen LogP contribution in [0, 0.1) is 5.82 Å². The zero-order valence-electron chi connectivity index (χ0n) is 9.45. The molecular weight excluding hydrogens is 225 g/mol. The first-order chi connectivity index (χ1) is 8.19. The summed E-state index contributed by atoms with van der Waals surface area (Å²) in [5.74, 6) is 0.235. The SMILES string of the molecule is COc1c(F)ccc(-c2cn[nH]c2N)c1OC. The highest BCUT2D eigenvalue weighted by Crippen LogP contribution is 2.40. The number of methoxy groups -OCH3 is 2. The zero-order chi connectivity index (χ0) is 12.4. The number of hydrogen-bond acceptors (Lipinski definition) is 4. The van der Waals surface area contributed by atoms with Gasteiger partial charge in [0.1, 0.15) is 5.82 Å². The number of nitrogens with zero attached hydrogens (tertiary/aromatic N) is 1. The Bertz CT molecular complexity index is 540.